The molecule has 98 valence electrons. The number of thiophene rings is 1. The molecular weight excluding hydrogens is 271 g/mol. The van der Waals surface area contributed by atoms with Gasteiger partial charge in [0.1, 0.15) is 5.82 Å². The number of rotatable bonds is 3. The van der Waals surface area contributed by atoms with Crippen LogP contribution in [0.4, 0.5) is 4.39 Å². The third kappa shape index (κ3) is 2.28. The van der Waals surface area contributed by atoms with Crippen LogP contribution in [0.25, 0.3) is 15.7 Å². The van der Waals surface area contributed by atoms with Gasteiger partial charge < -0.3 is 0 Å². The summed E-state index contributed by atoms with van der Waals surface area (Å²) in [6.07, 6.45) is 0. The van der Waals surface area contributed by atoms with E-state index >= 15 is 0 Å². The number of halogens is 1. The van der Waals surface area contributed by atoms with Crippen molar-refractivity contribution in [2.45, 2.75) is 0 Å². The second-order valence-electron chi connectivity index (χ2n) is 4.46. The van der Waals surface area contributed by atoms with E-state index in [0.717, 1.165) is 10.1 Å². The number of ketones is 1. The summed E-state index contributed by atoms with van der Waals surface area (Å²) in [5.41, 5.74) is 1.03. The van der Waals surface area contributed by atoms with Crippen LogP contribution in [0.5, 0.6) is 0 Å². The van der Waals surface area contributed by atoms with E-state index in [1.807, 2.05) is 30.3 Å². The molecule has 0 aliphatic heterocycles. The predicted molar refractivity (Wildman–Crippen MR) is 81.6 cm³/mol. The van der Waals surface area contributed by atoms with Crippen molar-refractivity contribution in [2.24, 2.45) is 0 Å². The average molecular weight is 282 g/mol. The van der Waals surface area contributed by atoms with Crippen LogP contribution < -0.4 is 0 Å². The van der Waals surface area contributed by atoms with Gasteiger partial charge in [-0.25, -0.2) is 4.39 Å². The first-order chi connectivity index (χ1) is 9.65. The van der Waals surface area contributed by atoms with Crippen molar-refractivity contribution in [3.05, 3.63) is 77.4 Å². The van der Waals surface area contributed by atoms with Crippen LogP contribution in [0, 0.1) is 5.82 Å². The number of carbonyl (C=O) groups excluding carboxylic acids is 1. The Morgan fingerprint density at radius 2 is 1.75 bits per heavy atom. The summed E-state index contributed by atoms with van der Waals surface area (Å²) in [6, 6.07) is 15.5. The van der Waals surface area contributed by atoms with E-state index in [1.165, 1.54) is 23.5 Å². The molecule has 0 saturated heterocycles. The smallest absolute Gasteiger partial charge is 0.202 e. The van der Waals surface area contributed by atoms with Gasteiger partial charge in [0.25, 0.3) is 0 Å². The highest BCUT2D eigenvalue weighted by molar-refractivity contribution is 7.21. The van der Waals surface area contributed by atoms with Crippen LogP contribution in [0.15, 0.2) is 61.2 Å². The van der Waals surface area contributed by atoms with Crippen LogP contribution in [0.2, 0.25) is 0 Å². The molecule has 0 N–H and O–H groups in total. The number of fused-ring (bicyclic) bond motifs is 1. The second-order valence-corrected chi connectivity index (χ2v) is 5.55. The monoisotopic (exact) mass is 282 g/mol. The molecule has 3 aromatic rings. The lowest BCUT2D eigenvalue weighted by Crippen LogP contribution is -1.99. The van der Waals surface area contributed by atoms with Crippen LogP contribution in [-0.2, 0) is 0 Å². The van der Waals surface area contributed by atoms with E-state index < -0.39 is 0 Å². The Morgan fingerprint density at radius 3 is 2.45 bits per heavy atom. The fourth-order valence-corrected chi connectivity index (χ4v) is 3.05. The molecule has 1 aromatic heterocycles. The topological polar surface area (TPSA) is 17.1 Å². The zero-order chi connectivity index (χ0) is 14.1. The number of Topliss-reactive ketones (excluding diaryl/α,β-unsaturated/α-hetero) is 1. The molecule has 0 unspecified atom stereocenters. The zero-order valence-electron chi connectivity index (χ0n) is 10.6. The first-order valence-electron chi connectivity index (χ1n) is 6.13. The lowest BCUT2D eigenvalue weighted by Gasteiger charge is -2.03. The van der Waals surface area contributed by atoms with Gasteiger partial charge in [0.15, 0.2) is 0 Å². The minimum atomic E-state index is -0.323. The molecule has 3 heteroatoms. The van der Waals surface area contributed by atoms with E-state index in [-0.39, 0.29) is 11.6 Å². The van der Waals surface area contributed by atoms with Crippen molar-refractivity contribution in [1.82, 2.24) is 0 Å². The second kappa shape index (κ2) is 5.02. The Labute approximate surface area is 120 Å². The Hall–Kier alpha value is -2.26. The highest BCUT2D eigenvalue weighted by Crippen LogP contribution is 2.29. The highest BCUT2D eigenvalue weighted by Gasteiger charge is 2.15. The summed E-state index contributed by atoms with van der Waals surface area (Å²) in [6.45, 7) is 3.84. The maximum Gasteiger partial charge on any atom is 0.202 e. The van der Waals surface area contributed by atoms with Crippen molar-refractivity contribution < 1.29 is 9.18 Å². The number of hydrogen-bond acceptors (Lipinski definition) is 2. The SMILES string of the molecule is C=C(C(=O)c1cc2ccccc2s1)c1ccc(F)cc1. The summed E-state index contributed by atoms with van der Waals surface area (Å²) >= 11 is 1.45. The quantitative estimate of drug-likeness (QED) is 0.491. The molecule has 3 rings (SSSR count). The van der Waals surface area contributed by atoms with Gasteiger partial charge in [-0.3, -0.25) is 4.79 Å². The Morgan fingerprint density at radius 1 is 1.05 bits per heavy atom. The summed E-state index contributed by atoms with van der Waals surface area (Å²) < 4.78 is 14.0. The lowest BCUT2D eigenvalue weighted by atomic mass is 10.0. The molecule has 0 saturated carbocycles. The van der Waals surface area contributed by atoms with E-state index in [2.05, 4.69) is 6.58 Å². The molecular formula is C17H11FOS. The normalized spacial score (nSPS) is 10.7. The maximum absolute atomic E-state index is 12.9. The number of hydrogen-bond donors (Lipinski definition) is 0. The van der Waals surface area contributed by atoms with Gasteiger partial charge in [0.2, 0.25) is 5.78 Å². The van der Waals surface area contributed by atoms with Crippen molar-refractivity contribution >= 4 is 32.8 Å². The predicted octanol–water partition coefficient (Wildman–Crippen LogP) is 4.94. The molecule has 20 heavy (non-hydrogen) atoms. The lowest BCUT2D eigenvalue weighted by molar-refractivity contribution is 0.106. The molecule has 0 spiro atoms. The van der Waals surface area contributed by atoms with Crippen molar-refractivity contribution in [3.63, 3.8) is 0 Å². The Bertz CT molecular complexity index is 766. The molecule has 0 fully saturated rings. The summed E-state index contributed by atoms with van der Waals surface area (Å²) in [7, 11) is 0. The summed E-state index contributed by atoms with van der Waals surface area (Å²) in [4.78, 5) is 13.1. The molecule has 2 aromatic carbocycles. The van der Waals surface area contributed by atoms with Crippen LogP contribution in [0.1, 0.15) is 15.2 Å². The van der Waals surface area contributed by atoms with Crippen molar-refractivity contribution in [1.29, 1.82) is 0 Å². The van der Waals surface area contributed by atoms with Gasteiger partial charge >= 0.3 is 0 Å². The van der Waals surface area contributed by atoms with Gasteiger partial charge in [0, 0.05) is 10.3 Å². The van der Waals surface area contributed by atoms with Gasteiger partial charge in [-0.2, -0.15) is 0 Å². The Kier molecular flexibility index (Phi) is 3.20. The van der Waals surface area contributed by atoms with Crippen LogP contribution in [-0.4, -0.2) is 5.78 Å². The number of carbonyl (C=O) groups is 1. The zero-order valence-corrected chi connectivity index (χ0v) is 11.4. The van der Waals surface area contributed by atoms with E-state index in [0.29, 0.717) is 16.0 Å². The third-order valence-corrected chi connectivity index (χ3v) is 4.23. The first kappa shape index (κ1) is 12.8. The third-order valence-electron chi connectivity index (χ3n) is 3.12. The molecule has 1 nitrogen and oxygen atoms in total. The molecule has 0 aliphatic carbocycles. The van der Waals surface area contributed by atoms with Crippen LogP contribution in [0.3, 0.4) is 0 Å². The van der Waals surface area contributed by atoms with Crippen molar-refractivity contribution in [2.75, 3.05) is 0 Å². The standard InChI is InChI=1S/C17H11FOS/c1-11(12-6-8-14(18)9-7-12)17(19)16-10-13-4-2-3-5-15(13)20-16/h2-10H,1H2. The minimum Gasteiger partial charge on any atom is -0.288 e. The molecule has 0 bridgehead atoms. The fourth-order valence-electron chi connectivity index (χ4n) is 2.02. The average Bonchev–Trinajstić information content (AvgIpc) is 2.90. The van der Waals surface area contributed by atoms with Gasteiger partial charge in [-0.1, -0.05) is 36.9 Å². The number of allylic oxidation sites excluding steroid dienone is 1. The molecule has 0 aliphatic rings. The van der Waals surface area contributed by atoms with Gasteiger partial charge in [0.05, 0.1) is 4.88 Å². The molecule has 0 atom stereocenters. The largest absolute Gasteiger partial charge is 0.288 e. The maximum atomic E-state index is 12.9. The number of benzene rings is 2. The van der Waals surface area contributed by atoms with Gasteiger partial charge in [-0.15, -0.1) is 11.3 Å². The van der Waals surface area contributed by atoms with E-state index in [9.17, 15) is 9.18 Å². The van der Waals surface area contributed by atoms with Crippen LogP contribution >= 0.6 is 11.3 Å². The highest BCUT2D eigenvalue weighted by atomic mass is 32.1. The summed E-state index contributed by atoms with van der Waals surface area (Å²) in [5, 5.41) is 1.05. The molecule has 0 radical (unpaired) electrons. The van der Waals surface area contributed by atoms with Gasteiger partial charge in [-0.05, 0) is 35.2 Å². The van der Waals surface area contributed by atoms with Crippen molar-refractivity contribution in [3.8, 4) is 0 Å². The fraction of sp³-hybridized carbons (Fsp3) is 0. The Balaban J connectivity index is 1.95. The molecule has 1 heterocycles. The minimum absolute atomic E-state index is 0.113. The van der Waals surface area contributed by atoms with E-state index in [4.69, 9.17) is 0 Å². The summed E-state index contributed by atoms with van der Waals surface area (Å²) in [5.74, 6) is -0.436. The van der Waals surface area contributed by atoms with E-state index in [1.54, 1.807) is 12.1 Å². The first-order valence-corrected chi connectivity index (χ1v) is 6.95. The molecule has 0 amide bonds.